The molecular formula is C25H33N5O. The second-order valence-electron chi connectivity index (χ2n) is 7.45. The minimum absolute atomic E-state index is 0.111. The van der Waals surface area contributed by atoms with Crippen LogP contribution in [0.3, 0.4) is 0 Å². The standard InChI is InChI=1S/C25H33N5O/c1-3-27-25(28-14-7-17-31-21(2)24-8-5-4-6-9-24)29-18-22-10-12-23(13-11-22)19-30-16-15-26-20-30/h4-6,8-13,15-16,20-21H,3,7,14,17-19H2,1-2H3,(H2,27,28,29). The first-order chi connectivity index (χ1) is 15.2. The summed E-state index contributed by atoms with van der Waals surface area (Å²) < 4.78 is 8.00. The van der Waals surface area contributed by atoms with E-state index in [1.165, 1.54) is 16.7 Å². The van der Waals surface area contributed by atoms with Crippen LogP contribution in [-0.2, 0) is 17.8 Å². The number of benzene rings is 2. The number of nitrogens with zero attached hydrogens (tertiary/aromatic N) is 3. The topological polar surface area (TPSA) is 63.5 Å². The summed E-state index contributed by atoms with van der Waals surface area (Å²) >= 11 is 0. The third kappa shape index (κ3) is 7.90. The van der Waals surface area contributed by atoms with E-state index >= 15 is 0 Å². The van der Waals surface area contributed by atoms with E-state index in [0.29, 0.717) is 13.2 Å². The summed E-state index contributed by atoms with van der Waals surface area (Å²) in [5.41, 5.74) is 3.65. The van der Waals surface area contributed by atoms with Crippen molar-refractivity contribution in [3.8, 4) is 0 Å². The van der Waals surface area contributed by atoms with Gasteiger partial charge in [-0.2, -0.15) is 0 Å². The van der Waals surface area contributed by atoms with Gasteiger partial charge in [0, 0.05) is 38.6 Å². The van der Waals surface area contributed by atoms with Gasteiger partial charge in [0.15, 0.2) is 5.96 Å². The molecule has 2 aromatic carbocycles. The van der Waals surface area contributed by atoms with Crippen molar-refractivity contribution in [2.75, 3.05) is 19.7 Å². The first-order valence-corrected chi connectivity index (χ1v) is 11.0. The van der Waals surface area contributed by atoms with Crippen LogP contribution in [0.25, 0.3) is 0 Å². The summed E-state index contributed by atoms with van der Waals surface area (Å²) in [4.78, 5) is 8.79. The van der Waals surface area contributed by atoms with Gasteiger partial charge in [-0.3, -0.25) is 0 Å². The Kier molecular flexibility index (Phi) is 9.13. The lowest BCUT2D eigenvalue weighted by molar-refractivity contribution is 0.0646. The van der Waals surface area contributed by atoms with Gasteiger partial charge >= 0.3 is 0 Å². The van der Waals surface area contributed by atoms with Gasteiger partial charge in [-0.15, -0.1) is 0 Å². The molecule has 6 heteroatoms. The van der Waals surface area contributed by atoms with Crippen molar-refractivity contribution in [1.82, 2.24) is 20.2 Å². The van der Waals surface area contributed by atoms with Crippen LogP contribution in [-0.4, -0.2) is 35.2 Å². The highest BCUT2D eigenvalue weighted by atomic mass is 16.5. The quantitative estimate of drug-likeness (QED) is 0.278. The third-order valence-electron chi connectivity index (χ3n) is 4.96. The highest BCUT2D eigenvalue weighted by molar-refractivity contribution is 5.79. The Morgan fingerprint density at radius 1 is 1.06 bits per heavy atom. The molecule has 1 unspecified atom stereocenters. The predicted molar refractivity (Wildman–Crippen MR) is 126 cm³/mol. The zero-order valence-corrected chi connectivity index (χ0v) is 18.5. The molecule has 0 saturated heterocycles. The van der Waals surface area contributed by atoms with Crippen molar-refractivity contribution < 1.29 is 4.74 Å². The van der Waals surface area contributed by atoms with Gasteiger partial charge in [0.2, 0.25) is 0 Å². The SMILES string of the molecule is CCNC(=NCc1ccc(Cn2ccnc2)cc1)NCCCOC(C)c1ccccc1. The zero-order chi connectivity index (χ0) is 21.7. The molecule has 0 aliphatic heterocycles. The molecule has 6 nitrogen and oxygen atoms in total. The second-order valence-corrected chi connectivity index (χ2v) is 7.45. The monoisotopic (exact) mass is 419 g/mol. The maximum atomic E-state index is 5.94. The van der Waals surface area contributed by atoms with E-state index in [4.69, 9.17) is 9.73 Å². The van der Waals surface area contributed by atoms with E-state index in [9.17, 15) is 0 Å². The largest absolute Gasteiger partial charge is 0.374 e. The summed E-state index contributed by atoms with van der Waals surface area (Å²) in [5, 5.41) is 6.70. The van der Waals surface area contributed by atoms with Gasteiger partial charge in [0.05, 0.1) is 19.0 Å². The molecule has 0 bridgehead atoms. The van der Waals surface area contributed by atoms with Crippen molar-refractivity contribution in [2.24, 2.45) is 4.99 Å². The number of aliphatic imine (C=N–C) groups is 1. The fourth-order valence-electron chi connectivity index (χ4n) is 3.21. The summed E-state index contributed by atoms with van der Waals surface area (Å²) in [6, 6.07) is 18.9. The summed E-state index contributed by atoms with van der Waals surface area (Å²) in [6.45, 7) is 8.00. The Hall–Kier alpha value is -3.12. The van der Waals surface area contributed by atoms with Crippen molar-refractivity contribution in [3.63, 3.8) is 0 Å². The highest BCUT2D eigenvalue weighted by Crippen LogP contribution is 2.15. The van der Waals surface area contributed by atoms with Crippen LogP contribution < -0.4 is 10.6 Å². The average molecular weight is 420 g/mol. The molecule has 0 aliphatic carbocycles. The van der Waals surface area contributed by atoms with E-state index < -0.39 is 0 Å². The van der Waals surface area contributed by atoms with Crippen LogP contribution in [0.4, 0.5) is 0 Å². The molecule has 31 heavy (non-hydrogen) atoms. The van der Waals surface area contributed by atoms with Crippen molar-refractivity contribution in [1.29, 1.82) is 0 Å². The van der Waals surface area contributed by atoms with E-state index in [-0.39, 0.29) is 6.10 Å². The lowest BCUT2D eigenvalue weighted by Gasteiger charge is -2.14. The van der Waals surface area contributed by atoms with Crippen LogP contribution >= 0.6 is 0 Å². The fourth-order valence-corrected chi connectivity index (χ4v) is 3.21. The van der Waals surface area contributed by atoms with Crippen molar-refractivity contribution >= 4 is 5.96 Å². The molecule has 0 aliphatic rings. The van der Waals surface area contributed by atoms with Crippen LogP contribution in [0.2, 0.25) is 0 Å². The third-order valence-corrected chi connectivity index (χ3v) is 4.96. The fraction of sp³-hybridized carbons (Fsp3) is 0.360. The lowest BCUT2D eigenvalue weighted by Crippen LogP contribution is -2.38. The normalized spacial score (nSPS) is 12.5. The smallest absolute Gasteiger partial charge is 0.191 e. The first kappa shape index (κ1) is 22.6. The molecule has 1 atom stereocenters. The van der Waals surface area contributed by atoms with Gasteiger partial charge in [0.1, 0.15) is 0 Å². The summed E-state index contributed by atoms with van der Waals surface area (Å²) in [6.07, 6.45) is 6.64. The van der Waals surface area contributed by atoms with Gasteiger partial charge in [-0.1, -0.05) is 54.6 Å². The van der Waals surface area contributed by atoms with Crippen LogP contribution in [0.1, 0.15) is 43.1 Å². The molecule has 0 fully saturated rings. The van der Waals surface area contributed by atoms with Gasteiger partial charge in [-0.25, -0.2) is 9.98 Å². The second kappa shape index (κ2) is 12.5. The number of ether oxygens (including phenoxy) is 1. The van der Waals surface area contributed by atoms with Crippen LogP contribution in [0.5, 0.6) is 0 Å². The van der Waals surface area contributed by atoms with Crippen molar-refractivity contribution in [2.45, 2.75) is 39.5 Å². The first-order valence-electron chi connectivity index (χ1n) is 11.0. The van der Waals surface area contributed by atoms with E-state index in [2.05, 4.69) is 70.4 Å². The molecule has 3 aromatic rings. The predicted octanol–water partition coefficient (Wildman–Crippen LogP) is 4.15. The number of guanidine groups is 1. The van der Waals surface area contributed by atoms with Gasteiger partial charge < -0.3 is 19.9 Å². The Bertz CT molecular complexity index is 891. The highest BCUT2D eigenvalue weighted by Gasteiger charge is 2.04. The van der Waals surface area contributed by atoms with Crippen molar-refractivity contribution in [3.05, 3.63) is 90.0 Å². The Morgan fingerprint density at radius 3 is 2.55 bits per heavy atom. The molecule has 1 heterocycles. The number of nitrogens with one attached hydrogen (secondary N) is 2. The summed E-state index contributed by atoms with van der Waals surface area (Å²) in [7, 11) is 0. The number of imidazole rings is 1. The molecular weight excluding hydrogens is 386 g/mol. The average Bonchev–Trinajstić information content (AvgIpc) is 3.31. The van der Waals surface area contributed by atoms with Gasteiger partial charge in [-0.05, 0) is 37.0 Å². The minimum Gasteiger partial charge on any atom is -0.374 e. The molecule has 0 amide bonds. The zero-order valence-electron chi connectivity index (χ0n) is 18.5. The Morgan fingerprint density at radius 2 is 1.84 bits per heavy atom. The Labute approximate surface area is 185 Å². The number of hydrogen-bond donors (Lipinski definition) is 2. The number of hydrogen-bond acceptors (Lipinski definition) is 3. The van der Waals surface area contributed by atoms with Crippen LogP contribution in [0.15, 0.2) is 78.3 Å². The molecule has 3 rings (SSSR count). The minimum atomic E-state index is 0.111. The lowest BCUT2D eigenvalue weighted by atomic mass is 10.1. The molecule has 0 radical (unpaired) electrons. The number of rotatable bonds is 11. The molecule has 2 N–H and O–H groups in total. The van der Waals surface area contributed by atoms with E-state index in [0.717, 1.165) is 32.0 Å². The van der Waals surface area contributed by atoms with E-state index in [1.54, 1.807) is 6.20 Å². The molecule has 1 aromatic heterocycles. The Balaban J connectivity index is 1.40. The molecule has 0 spiro atoms. The van der Waals surface area contributed by atoms with Gasteiger partial charge in [0.25, 0.3) is 0 Å². The maximum absolute atomic E-state index is 5.94. The maximum Gasteiger partial charge on any atom is 0.191 e. The van der Waals surface area contributed by atoms with Crippen LogP contribution in [0, 0.1) is 0 Å². The summed E-state index contributed by atoms with van der Waals surface area (Å²) in [5.74, 6) is 0.834. The molecule has 164 valence electrons. The van der Waals surface area contributed by atoms with E-state index in [1.807, 2.05) is 30.7 Å². The number of aromatic nitrogens is 2. The molecule has 0 saturated carbocycles.